The number of aliphatic hydroxyl groups is 1. The maximum atomic E-state index is 12.0. The first kappa shape index (κ1) is 28.1. The SMILES string of the molecule is CC(=O)OC(CC=C(C)C(=O)O)C(C)C1CCC2(C)C3=CCC4C(C)(CCC(O)C4(C)C)C3=CCC12C. The third-order valence-corrected chi connectivity index (χ3v) is 11.8. The number of ether oxygens (including phenoxy) is 1. The third-order valence-electron chi connectivity index (χ3n) is 11.8. The molecule has 0 amide bonds. The minimum absolute atomic E-state index is 0.0264. The van der Waals surface area contributed by atoms with Gasteiger partial charge in [0, 0.05) is 18.9 Å². The van der Waals surface area contributed by atoms with Gasteiger partial charge in [-0.1, -0.05) is 59.8 Å². The number of hydrogen-bond donors (Lipinski definition) is 2. The Morgan fingerprint density at radius 3 is 2.38 bits per heavy atom. The summed E-state index contributed by atoms with van der Waals surface area (Å²) in [6, 6.07) is 0. The third kappa shape index (κ3) is 4.24. The zero-order valence-corrected chi connectivity index (χ0v) is 24.2. The predicted octanol–water partition coefficient (Wildman–Crippen LogP) is 6.86. The van der Waals surface area contributed by atoms with E-state index in [0.717, 1.165) is 38.5 Å². The maximum absolute atomic E-state index is 12.0. The number of aliphatic hydroxyl groups excluding tert-OH is 1. The van der Waals surface area contributed by atoms with Crippen molar-refractivity contribution in [2.45, 2.75) is 113 Å². The van der Waals surface area contributed by atoms with Crippen LogP contribution in [0.5, 0.6) is 0 Å². The summed E-state index contributed by atoms with van der Waals surface area (Å²) in [7, 11) is 0. The molecular formula is C32H48O5. The second-order valence-electron chi connectivity index (χ2n) is 13.9. The number of carbonyl (C=O) groups excluding carboxylic acids is 1. The van der Waals surface area contributed by atoms with Gasteiger partial charge in [0.05, 0.1) is 6.10 Å². The summed E-state index contributed by atoms with van der Waals surface area (Å²) in [6.45, 7) is 17.1. The van der Waals surface area contributed by atoms with Crippen LogP contribution in [0.2, 0.25) is 0 Å². The Bertz CT molecular complexity index is 1050. The van der Waals surface area contributed by atoms with Crippen LogP contribution in [-0.4, -0.2) is 34.4 Å². The van der Waals surface area contributed by atoms with Gasteiger partial charge in [-0.2, -0.15) is 0 Å². The lowest BCUT2D eigenvalue weighted by Crippen LogP contribution is -2.54. The van der Waals surface area contributed by atoms with E-state index in [-0.39, 0.29) is 51.3 Å². The summed E-state index contributed by atoms with van der Waals surface area (Å²) in [5.74, 6) is -0.352. The van der Waals surface area contributed by atoms with Crippen LogP contribution in [0.3, 0.4) is 0 Å². The molecule has 2 saturated carbocycles. The molecule has 2 fully saturated rings. The van der Waals surface area contributed by atoms with E-state index in [2.05, 4.69) is 53.7 Å². The van der Waals surface area contributed by atoms with Crippen LogP contribution in [0.4, 0.5) is 0 Å². The smallest absolute Gasteiger partial charge is 0.330 e. The van der Waals surface area contributed by atoms with E-state index >= 15 is 0 Å². The van der Waals surface area contributed by atoms with Crippen LogP contribution >= 0.6 is 0 Å². The van der Waals surface area contributed by atoms with Gasteiger partial charge in [-0.3, -0.25) is 4.79 Å². The molecule has 0 aliphatic heterocycles. The highest BCUT2D eigenvalue weighted by Crippen LogP contribution is 2.71. The molecule has 0 saturated heterocycles. The highest BCUT2D eigenvalue weighted by atomic mass is 16.5. The average molecular weight is 513 g/mol. The molecule has 0 heterocycles. The summed E-state index contributed by atoms with van der Waals surface area (Å²) >= 11 is 0. The van der Waals surface area contributed by atoms with Crippen molar-refractivity contribution in [2.24, 2.45) is 39.4 Å². The van der Waals surface area contributed by atoms with Crippen molar-refractivity contribution in [3.8, 4) is 0 Å². The van der Waals surface area contributed by atoms with E-state index in [9.17, 15) is 19.8 Å². The molecule has 5 heteroatoms. The van der Waals surface area contributed by atoms with Crippen molar-refractivity contribution in [2.75, 3.05) is 0 Å². The van der Waals surface area contributed by atoms with E-state index in [0.29, 0.717) is 18.3 Å². The Morgan fingerprint density at radius 2 is 1.76 bits per heavy atom. The second-order valence-corrected chi connectivity index (χ2v) is 13.9. The van der Waals surface area contributed by atoms with Gasteiger partial charge in [-0.25, -0.2) is 4.79 Å². The highest BCUT2D eigenvalue weighted by molar-refractivity contribution is 5.85. The fourth-order valence-corrected chi connectivity index (χ4v) is 9.10. The predicted molar refractivity (Wildman–Crippen MR) is 146 cm³/mol. The summed E-state index contributed by atoms with van der Waals surface area (Å²) in [6.07, 6.45) is 12.6. The fraction of sp³-hybridized carbons (Fsp3) is 0.750. The Morgan fingerprint density at radius 1 is 1.08 bits per heavy atom. The molecule has 4 aliphatic rings. The van der Waals surface area contributed by atoms with Gasteiger partial charge in [0.15, 0.2) is 0 Å². The first-order valence-corrected chi connectivity index (χ1v) is 14.3. The van der Waals surface area contributed by atoms with Gasteiger partial charge in [0.1, 0.15) is 6.10 Å². The van der Waals surface area contributed by atoms with Crippen LogP contribution in [0.25, 0.3) is 0 Å². The molecule has 0 aromatic carbocycles. The van der Waals surface area contributed by atoms with E-state index < -0.39 is 5.97 Å². The largest absolute Gasteiger partial charge is 0.478 e. The summed E-state index contributed by atoms with van der Waals surface area (Å²) in [5.41, 5.74) is 3.37. The highest BCUT2D eigenvalue weighted by Gasteiger charge is 2.63. The quantitative estimate of drug-likeness (QED) is 0.300. The van der Waals surface area contributed by atoms with E-state index in [1.54, 1.807) is 13.0 Å². The van der Waals surface area contributed by atoms with Crippen molar-refractivity contribution >= 4 is 11.9 Å². The summed E-state index contributed by atoms with van der Waals surface area (Å²) in [4.78, 5) is 23.4. The molecule has 0 bridgehead atoms. The van der Waals surface area contributed by atoms with E-state index in [1.165, 1.54) is 18.1 Å². The van der Waals surface area contributed by atoms with Gasteiger partial charge in [0.2, 0.25) is 0 Å². The standard InChI is InChI=1S/C32H48O5/c1-19(28(35)36)9-11-25(37-21(3)33)20(2)22-13-17-32(8)24-10-12-26-29(4,5)27(34)15-16-30(26,6)23(24)14-18-31(22,32)7/h9-10,14,20,22,25-27,34H,11-13,15-18H2,1-8H3,(H,35,36). The molecule has 4 rings (SSSR count). The average Bonchev–Trinajstić information content (AvgIpc) is 3.09. The Hall–Kier alpha value is -1.88. The number of carboxylic acids is 1. The molecule has 0 radical (unpaired) electrons. The normalized spacial score (nSPS) is 40.4. The summed E-state index contributed by atoms with van der Waals surface area (Å²) in [5, 5.41) is 20.1. The number of hydrogen-bond acceptors (Lipinski definition) is 4. The monoisotopic (exact) mass is 512 g/mol. The first-order chi connectivity index (χ1) is 17.1. The maximum Gasteiger partial charge on any atom is 0.330 e. The molecule has 8 unspecified atom stereocenters. The van der Waals surface area contributed by atoms with Crippen molar-refractivity contribution in [3.63, 3.8) is 0 Å². The number of esters is 1. The molecule has 5 nitrogen and oxygen atoms in total. The van der Waals surface area contributed by atoms with Crippen LogP contribution in [-0.2, 0) is 14.3 Å². The van der Waals surface area contributed by atoms with Gasteiger partial charge >= 0.3 is 11.9 Å². The second kappa shape index (κ2) is 9.39. The van der Waals surface area contributed by atoms with Crippen molar-refractivity contribution < 1.29 is 24.5 Å². The van der Waals surface area contributed by atoms with Crippen LogP contribution in [0.1, 0.15) is 100 Å². The molecule has 0 aromatic heterocycles. The fourth-order valence-electron chi connectivity index (χ4n) is 9.10. The van der Waals surface area contributed by atoms with Gasteiger partial charge < -0.3 is 14.9 Å². The number of aliphatic carboxylic acids is 1. The zero-order valence-electron chi connectivity index (χ0n) is 24.2. The van der Waals surface area contributed by atoms with Crippen molar-refractivity contribution in [1.82, 2.24) is 0 Å². The molecule has 2 N–H and O–H groups in total. The lowest BCUT2D eigenvalue weighted by molar-refractivity contribution is -0.151. The number of fused-ring (bicyclic) bond motifs is 5. The first-order valence-electron chi connectivity index (χ1n) is 14.3. The van der Waals surface area contributed by atoms with Gasteiger partial charge in [-0.15, -0.1) is 0 Å². The topological polar surface area (TPSA) is 83.8 Å². The summed E-state index contributed by atoms with van der Waals surface area (Å²) < 4.78 is 5.81. The minimum atomic E-state index is -0.936. The molecule has 37 heavy (non-hydrogen) atoms. The van der Waals surface area contributed by atoms with Gasteiger partial charge in [0.25, 0.3) is 0 Å². The molecule has 0 spiro atoms. The zero-order chi connectivity index (χ0) is 27.6. The van der Waals surface area contributed by atoms with Crippen LogP contribution in [0.15, 0.2) is 34.9 Å². The number of allylic oxidation sites excluding steroid dienone is 4. The van der Waals surface area contributed by atoms with Crippen LogP contribution in [0, 0.1) is 39.4 Å². The Labute approximate surface area is 223 Å². The molecular weight excluding hydrogens is 464 g/mol. The molecule has 4 aliphatic carbocycles. The van der Waals surface area contributed by atoms with Crippen LogP contribution < -0.4 is 0 Å². The number of rotatable bonds is 6. The van der Waals surface area contributed by atoms with Crippen molar-refractivity contribution in [3.05, 3.63) is 34.9 Å². The van der Waals surface area contributed by atoms with E-state index in [1.807, 2.05) is 0 Å². The van der Waals surface area contributed by atoms with Crippen molar-refractivity contribution in [1.29, 1.82) is 0 Å². The number of carbonyl (C=O) groups is 2. The molecule has 206 valence electrons. The minimum Gasteiger partial charge on any atom is -0.478 e. The molecule has 0 aromatic rings. The van der Waals surface area contributed by atoms with Gasteiger partial charge in [-0.05, 0) is 96.0 Å². The lowest BCUT2D eigenvalue weighted by atomic mass is 9.44. The number of carboxylic acid groups (broad SMARTS) is 1. The Kier molecular flexibility index (Phi) is 7.14. The Balaban J connectivity index is 1.67. The van der Waals surface area contributed by atoms with E-state index in [4.69, 9.17) is 4.74 Å². The molecule has 8 atom stereocenters. The lowest BCUT2D eigenvalue weighted by Gasteiger charge is -2.61.